The lowest BCUT2D eigenvalue weighted by molar-refractivity contribution is 0.0525. The standard InChI is InChI=1S/C34H32Cl2N6O8/c1-9-39-17-13-21-15(11-19(17)41(29(39)43)31(45)49-33(3,4)5)37-25-24(36)28-26(23(35)27(25)47-21)38-16-12-20-18(14-22(16)48-28)40(10-2)30(44)42(20)32(46)50-34(6,7)8/h11-14H,9-10H2,1-8H3. The van der Waals surface area contributed by atoms with Crippen LogP contribution in [0.2, 0.25) is 10.0 Å². The van der Waals surface area contributed by atoms with E-state index < -0.39 is 34.8 Å². The topological polar surface area (TPSA) is 150 Å². The Balaban J connectivity index is 1.41. The maximum Gasteiger partial charge on any atom is 0.423 e. The molecule has 0 amide bonds. The molecule has 0 aliphatic carbocycles. The van der Waals surface area contributed by atoms with Crippen molar-refractivity contribution in [2.75, 3.05) is 0 Å². The first kappa shape index (κ1) is 33.4. The van der Waals surface area contributed by atoms with Gasteiger partial charge >= 0.3 is 23.6 Å². The first-order valence-electron chi connectivity index (χ1n) is 15.8. The smallest absolute Gasteiger partial charge is 0.423 e. The molecule has 260 valence electrons. The Hall–Kier alpha value is -5.08. The molecule has 0 fully saturated rings. The quantitative estimate of drug-likeness (QED) is 0.186. The summed E-state index contributed by atoms with van der Waals surface area (Å²) < 4.78 is 28.3. The average molecular weight is 724 g/mol. The van der Waals surface area contributed by atoms with Crippen molar-refractivity contribution in [1.29, 1.82) is 0 Å². The molecule has 2 aliphatic rings. The summed E-state index contributed by atoms with van der Waals surface area (Å²) in [7, 11) is 0. The number of carbonyl (C=O) groups is 2. The lowest BCUT2D eigenvalue weighted by Crippen LogP contribution is -2.34. The lowest BCUT2D eigenvalue weighted by Gasteiger charge is -2.21. The maximum atomic E-state index is 13.4. The van der Waals surface area contributed by atoms with E-state index in [4.69, 9.17) is 52.1 Å². The van der Waals surface area contributed by atoms with Crippen LogP contribution >= 0.6 is 23.2 Å². The van der Waals surface area contributed by atoms with Crippen molar-refractivity contribution in [1.82, 2.24) is 18.3 Å². The fourth-order valence-electron chi connectivity index (χ4n) is 5.92. The van der Waals surface area contributed by atoms with E-state index in [-0.39, 0.29) is 79.3 Å². The van der Waals surface area contributed by atoms with Crippen molar-refractivity contribution >= 4 is 68.8 Å². The van der Waals surface area contributed by atoms with Crippen molar-refractivity contribution < 1.29 is 28.5 Å². The summed E-state index contributed by atoms with van der Waals surface area (Å²) in [4.78, 5) is 62.4. The Labute approximate surface area is 293 Å². The van der Waals surface area contributed by atoms with Gasteiger partial charge in [0.25, 0.3) is 0 Å². The molecule has 2 aliphatic heterocycles. The fraction of sp³-hybridized carbons (Fsp3) is 0.353. The predicted molar refractivity (Wildman–Crippen MR) is 185 cm³/mol. The Morgan fingerprint density at radius 2 is 1.02 bits per heavy atom. The van der Waals surface area contributed by atoms with Gasteiger partial charge in [0.05, 0.1) is 22.1 Å². The number of carbonyl (C=O) groups excluding carboxylic acids is 2. The summed E-state index contributed by atoms with van der Waals surface area (Å²) in [5.41, 5.74) is -0.904. The molecule has 14 nitrogen and oxygen atoms in total. The number of fused-ring (bicyclic) bond motifs is 6. The highest BCUT2D eigenvalue weighted by atomic mass is 35.5. The van der Waals surface area contributed by atoms with Crippen LogP contribution in [0.15, 0.2) is 43.8 Å². The van der Waals surface area contributed by atoms with Gasteiger partial charge in [0, 0.05) is 25.2 Å². The van der Waals surface area contributed by atoms with E-state index in [2.05, 4.69) is 0 Å². The van der Waals surface area contributed by atoms with Crippen molar-refractivity contribution in [2.45, 2.75) is 79.7 Å². The number of benzene rings is 3. The Kier molecular flexibility index (Phi) is 7.50. The third kappa shape index (κ3) is 5.16. The first-order valence-corrected chi connectivity index (χ1v) is 16.6. The SMILES string of the molecule is CCn1c(=O)n(C(=O)OC(C)(C)C)c2cc3c(cc21)Oc1c(Cl)c2c(c(Cl)c1=N3)Oc1cc3c(cc1N=2)n(C(=O)OC(C)(C)C)c(=O)n3CC. The molecular formula is C34H32Cl2N6O8. The second-order valence-electron chi connectivity index (χ2n) is 13.7. The van der Waals surface area contributed by atoms with Crippen molar-refractivity contribution in [3.8, 4) is 23.0 Å². The van der Waals surface area contributed by atoms with Crippen LogP contribution in [-0.2, 0) is 22.6 Å². The molecule has 16 heteroatoms. The molecule has 0 radical (unpaired) electrons. The zero-order chi connectivity index (χ0) is 36.2. The van der Waals surface area contributed by atoms with Gasteiger partial charge in [-0.05, 0) is 67.5 Å². The molecule has 5 aromatic rings. The van der Waals surface area contributed by atoms with E-state index in [1.54, 1.807) is 79.7 Å². The highest BCUT2D eigenvalue weighted by molar-refractivity contribution is 6.35. The van der Waals surface area contributed by atoms with Crippen LogP contribution in [0.5, 0.6) is 23.0 Å². The van der Waals surface area contributed by atoms with Gasteiger partial charge in [-0.3, -0.25) is 9.13 Å². The van der Waals surface area contributed by atoms with Crippen LogP contribution < -0.4 is 31.6 Å². The Morgan fingerprint density at radius 1 is 0.660 bits per heavy atom. The van der Waals surface area contributed by atoms with Crippen LogP contribution in [0, 0.1) is 0 Å². The molecule has 0 unspecified atom stereocenters. The number of imidazole rings is 2. The Morgan fingerprint density at radius 3 is 1.34 bits per heavy atom. The number of hydrogen-bond acceptors (Lipinski definition) is 10. The first-order chi connectivity index (χ1) is 23.4. The molecule has 0 N–H and O–H groups in total. The minimum atomic E-state index is -0.841. The second kappa shape index (κ2) is 11.2. The highest BCUT2D eigenvalue weighted by Gasteiger charge is 2.31. The van der Waals surface area contributed by atoms with E-state index in [1.807, 2.05) is 0 Å². The molecule has 0 saturated carbocycles. The summed E-state index contributed by atoms with van der Waals surface area (Å²) in [6.07, 6.45) is -1.66. The van der Waals surface area contributed by atoms with Crippen molar-refractivity contribution in [3.05, 3.63) is 66.0 Å². The number of rotatable bonds is 2. The van der Waals surface area contributed by atoms with Crippen LogP contribution in [0.3, 0.4) is 0 Å². The molecule has 0 atom stereocenters. The van der Waals surface area contributed by atoms with Gasteiger partial charge in [0.15, 0.2) is 23.0 Å². The van der Waals surface area contributed by atoms with Crippen LogP contribution in [0.1, 0.15) is 55.4 Å². The summed E-state index contributed by atoms with van der Waals surface area (Å²) in [5.74, 6) is 0.706. The highest BCUT2D eigenvalue weighted by Crippen LogP contribution is 2.44. The number of aryl methyl sites for hydroxylation is 2. The van der Waals surface area contributed by atoms with Gasteiger partial charge in [0.1, 0.15) is 43.3 Å². The summed E-state index contributed by atoms with van der Waals surface area (Å²) in [6.45, 7) is 14.4. The van der Waals surface area contributed by atoms with E-state index in [0.29, 0.717) is 11.0 Å². The zero-order valence-electron chi connectivity index (χ0n) is 28.4. The minimum absolute atomic E-state index is 0.0366. The monoisotopic (exact) mass is 722 g/mol. The van der Waals surface area contributed by atoms with Crippen LogP contribution in [-0.4, -0.2) is 41.7 Å². The fourth-order valence-corrected chi connectivity index (χ4v) is 6.44. The number of hydrogen-bond donors (Lipinski definition) is 0. The van der Waals surface area contributed by atoms with Crippen molar-refractivity contribution in [2.24, 2.45) is 9.98 Å². The van der Waals surface area contributed by atoms with E-state index in [9.17, 15) is 19.2 Å². The summed E-state index contributed by atoms with van der Waals surface area (Å²) in [5, 5.41) is 0.360. The largest absolute Gasteiger partial charge is 0.451 e. The molecule has 4 heterocycles. The predicted octanol–water partition coefficient (Wildman–Crippen LogP) is 6.95. The lowest BCUT2D eigenvalue weighted by atomic mass is 10.2. The number of halogens is 2. The molecule has 50 heavy (non-hydrogen) atoms. The van der Waals surface area contributed by atoms with Gasteiger partial charge in [-0.15, -0.1) is 0 Å². The summed E-state index contributed by atoms with van der Waals surface area (Å²) >= 11 is 13.8. The number of aromatic nitrogens is 4. The molecule has 0 spiro atoms. The van der Waals surface area contributed by atoms with Gasteiger partial charge in [-0.25, -0.2) is 29.2 Å². The van der Waals surface area contributed by atoms with Gasteiger partial charge in [-0.2, -0.15) is 9.13 Å². The number of ether oxygens (including phenoxy) is 4. The van der Waals surface area contributed by atoms with E-state index in [1.165, 1.54) is 9.13 Å². The normalized spacial score (nSPS) is 13.3. The van der Waals surface area contributed by atoms with Crippen molar-refractivity contribution in [3.63, 3.8) is 0 Å². The third-order valence-electron chi connectivity index (χ3n) is 7.94. The van der Waals surface area contributed by atoms with Gasteiger partial charge < -0.3 is 18.9 Å². The van der Waals surface area contributed by atoms with E-state index >= 15 is 0 Å². The minimum Gasteiger partial charge on any atom is -0.451 e. The third-order valence-corrected chi connectivity index (χ3v) is 8.64. The maximum absolute atomic E-state index is 13.4. The summed E-state index contributed by atoms with van der Waals surface area (Å²) in [6, 6.07) is 6.29. The molecule has 7 rings (SSSR count). The molecule has 0 bridgehead atoms. The van der Waals surface area contributed by atoms with E-state index in [0.717, 1.165) is 9.13 Å². The Bertz CT molecular complexity index is 2420. The molecule has 3 aromatic carbocycles. The van der Waals surface area contributed by atoms with Crippen LogP contribution in [0.4, 0.5) is 21.0 Å². The zero-order valence-corrected chi connectivity index (χ0v) is 29.9. The van der Waals surface area contributed by atoms with Gasteiger partial charge in [-0.1, -0.05) is 23.2 Å². The van der Waals surface area contributed by atoms with Crippen LogP contribution in [0.25, 0.3) is 22.1 Å². The average Bonchev–Trinajstić information content (AvgIpc) is 3.45. The molecular weight excluding hydrogens is 691 g/mol. The molecule has 0 saturated heterocycles. The number of nitrogens with zero attached hydrogens (tertiary/aromatic N) is 6. The van der Waals surface area contributed by atoms with Gasteiger partial charge in [0.2, 0.25) is 0 Å². The second-order valence-corrected chi connectivity index (χ2v) is 14.5. The molecule has 2 aromatic heterocycles.